The number of nitrogens with two attached hydrogens (primary N) is 1. The quantitative estimate of drug-likeness (QED) is 0.754. The van der Waals surface area contributed by atoms with Gasteiger partial charge in [0.2, 0.25) is 10.0 Å². The molecule has 0 unspecified atom stereocenters. The summed E-state index contributed by atoms with van der Waals surface area (Å²) in [5.74, 6) is 0.438. The van der Waals surface area contributed by atoms with Crippen LogP contribution in [0, 0.1) is 5.92 Å². The zero-order valence-corrected chi connectivity index (χ0v) is 11.7. The first-order valence-electron chi connectivity index (χ1n) is 6.36. The SMILES string of the molecule is CC(C)CS(=O)(=O)N1CCCN(CCN)CC1. The summed E-state index contributed by atoms with van der Waals surface area (Å²) >= 11 is 0. The Balaban J connectivity index is 2.56. The van der Waals surface area contributed by atoms with E-state index < -0.39 is 10.0 Å². The third kappa shape index (κ3) is 4.91. The third-order valence-corrected chi connectivity index (χ3v) is 5.17. The molecule has 0 bridgehead atoms. The molecule has 5 nitrogen and oxygen atoms in total. The van der Waals surface area contributed by atoms with E-state index in [9.17, 15) is 8.42 Å². The highest BCUT2D eigenvalue weighted by Gasteiger charge is 2.25. The predicted octanol–water partition coefficient (Wildman–Crippen LogP) is -0.0614. The summed E-state index contributed by atoms with van der Waals surface area (Å²) in [7, 11) is -3.07. The second-order valence-electron chi connectivity index (χ2n) is 5.06. The highest BCUT2D eigenvalue weighted by atomic mass is 32.2. The van der Waals surface area contributed by atoms with Crippen molar-refractivity contribution in [3.05, 3.63) is 0 Å². The lowest BCUT2D eigenvalue weighted by Crippen LogP contribution is -2.38. The molecule has 17 heavy (non-hydrogen) atoms. The topological polar surface area (TPSA) is 66.6 Å². The Morgan fingerprint density at radius 3 is 2.47 bits per heavy atom. The minimum absolute atomic E-state index is 0.184. The first-order chi connectivity index (χ1) is 7.95. The van der Waals surface area contributed by atoms with Crippen molar-refractivity contribution >= 4 is 10.0 Å². The normalized spacial score (nSPS) is 20.7. The minimum Gasteiger partial charge on any atom is -0.329 e. The van der Waals surface area contributed by atoms with Crippen LogP contribution in [0.3, 0.4) is 0 Å². The molecule has 0 aliphatic carbocycles. The van der Waals surface area contributed by atoms with E-state index in [1.54, 1.807) is 4.31 Å². The smallest absolute Gasteiger partial charge is 0.214 e. The molecule has 102 valence electrons. The van der Waals surface area contributed by atoms with E-state index in [-0.39, 0.29) is 11.7 Å². The van der Waals surface area contributed by atoms with Gasteiger partial charge in [0.25, 0.3) is 0 Å². The van der Waals surface area contributed by atoms with E-state index in [2.05, 4.69) is 4.90 Å². The zero-order valence-electron chi connectivity index (χ0n) is 10.9. The Bertz CT molecular complexity index is 317. The molecule has 2 N–H and O–H groups in total. The summed E-state index contributed by atoms with van der Waals surface area (Å²) in [5, 5.41) is 0. The Labute approximate surface area is 105 Å². The third-order valence-electron chi connectivity index (χ3n) is 2.93. The molecule has 1 fully saturated rings. The van der Waals surface area contributed by atoms with Gasteiger partial charge in [-0.2, -0.15) is 0 Å². The predicted molar refractivity (Wildman–Crippen MR) is 70.3 cm³/mol. The highest BCUT2D eigenvalue weighted by molar-refractivity contribution is 7.89. The Morgan fingerprint density at radius 2 is 1.88 bits per heavy atom. The molecule has 6 heteroatoms. The Kier molecular flexibility index (Phi) is 5.85. The van der Waals surface area contributed by atoms with Crippen molar-refractivity contribution in [2.75, 3.05) is 45.0 Å². The van der Waals surface area contributed by atoms with Crippen LogP contribution in [0.1, 0.15) is 20.3 Å². The van der Waals surface area contributed by atoms with Crippen LogP contribution in [0.25, 0.3) is 0 Å². The van der Waals surface area contributed by atoms with Crippen LogP contribution in [0.5, 0.6) is 0 Å². The van der Waals surface area contributed by atoms with Crippen molar-refractivity contribution in [3.63, 3.8) is 0 Å². The lowest BCUT2D eigenvalue weighted by atomic mass is 10.3. The van der Waals surface area contributed by atoms with Crippen molar-refractivity contribution < 1.29 is 8.42 Å². The number of hydrogen-bond donors (Lipinski definition) is 1. The maximum Gasteiger partial charge on any atom is 0.214 e. The maximum atomic E-state index is 12.1. The van der Waals surface area contributed by atoms with Crippen molar-refractivity contribution in [1.82, 2.24) is 9.21 Å². The van der Waals surface area contributed by atoms with E-state index >= 15 is 0 Å². The molecule has 1 rings (SSSR count). The van der Waals surface area contributed by atoms with E-state index in [0.717, 1.165) is 26.1 Å². The zero-order chi connectivity index (χ0) is 12.9. The van der Waals surface area contributed by atoms with Gasteiger partial charge in [0, 0.05) is 32.7 Å². The summed E-state index contributed by atoms with van der Waals surface area (Å²) in [4.78, 5) is 2.24. The fourth-order valence-corrected chi connectivity index (χ4v) is 3.98. The van der Waals surface area contributed by atoms with Gasteiger partial charge < -0.3 is 10.6 Å². The van der Waals surface area contributed by atoms with Crippen LogP contribution >= 0.6 is 0 Å². The van der Waals surface area contributed by atoms with Crippen LogP contribution < -0.4 is 5.73 Å². The molecule has 1 aliphatic rings. The van der Waals surface area contributed by atoms with Gasteiger partial charge in [-0.15, -0.1) is 0 Å². The number of hydrogen-bond acceptors (Lipinski definition) is 4. The van der Waals surface area contributed by atoms with Gasteiger partial charge in [-0.3, -0.25) is 0 Å². The largest absolute Gasteiger partial charge is 0.329 e. The van der Waals surface area contributed by atoms with Crippen LogP contribution in [-0.4, -0.2) is 62.6 Å². The fourth-order valence-electron chi connectivity index (χ4n) is 2.16. The van der Waals surface area contributed by atoms with E-state index in [1.165, 1.54) is 0 Å². The summed E-state index contributed by atoms with van der Waals surface area (Å²) in [5.41, 5.74) is 5.52. The molecule has 0 saturated carbocycles. The number of sulfonamides is 1. The van der Waals surface area contributed by atoms with Gasteiger partial charge in [-0.1, -0.05) is 13.8 Å². The van der Waals surface area contributed by atoms with Crippen molar-refractivity contribution in [2.45, 2.75) is 20.3 Å². The number of nitrogens with zero attached hydrogens (tertiary/aromatic N) is 2. The Hall–Kier alpha value is -0.170. The molecule has 0 spiro atoms. The average molecular weight is 263 g/mol. The molecular formula is C11H25N3O2S. The molecule has 0 aromatic heterocycles. The molecule has 0 amide bonds. The summed E-state index contributed by atoms with van der Waals surface area (Å²) in [6.07, 6.45) is 0.900. The van der Waals surface area contributed by atoms with Crippen LogP contribution in [0.15, 0.2) is 0 Å². The average Bonchev–Trinajstić information content (AvgIpc) is 2.42. The van der Waals surface area contributed by atoms with Crippen LogP contribution in [-0.2, 0) is 10.0 Å². The second kappa shape index (κ2) is 6.68. The van der Waals surface area contributed by atoms with Gasteiger partial charge in [0.1, 0.15) is 0 Å². The van der Waals surface area contributed by atoms with Gasteiger partial charge in [0.05, 0.1) is 5.75 Å². The second-order valence-corrected chi connectivity index (χ2v) is 7.07. The molecule has 0 aromatic rings. The molecule has 1 aliphatic heterocycles. The monoisotopic (exact) mass is 263 g/mol. The van der Waals surface area contributed by atoms with Crippen LogP contribution in [0.2, 0.25) is 0 Å². The highest BCUT2D eigenvalue weighted by Crippen LogP contribution is 2.11. The van der Waals surface area contributed by atoms with E-state index in [1.807, 2.05) is 13.8 Å². The van der Waals surface area contributed by atoms with Crippen molar-refractivity contribution in [2.24, 2.45) is 11.7 Å². The summed E-state index contributed by atoms with van der Waals surface area (Å²) in [6, 6.07) is 0. The molecule has 1 saturated heterocycles. The first kappa shape index (κ1) is 14.9. The molecule has 1 heterocycles. The van der Waals surface area contributed by atoms with Crippen molar-refractivity contribution in [3.8, 4) is 0 Å². The van der Waals surface area contributed by atoms with E-state index in [0.29, 0.717) is 19.6 Å². The Morgan fingerprint density at radius 1 is 1.18 bits per heavy atom. The molecule has 0 radical (unpaired) electrons. The lowest BCUT2D eigenvalue weighted by Gasteiger charge is -2.22. The molecule has 0 atom stereocenters. The van der Waals surface area contributed by atoms with Gasteiger partial charge in [0.15, 0.2) is 0 Å². The minimum atomic E-state index is -3.07. The fraction of sp³-hybridized carbons (Fsp3) is 1.00. The maximum absolute atomic E-state index is 12.1. The number of rotatable bonds is 5. The first-order valence-corrected chi connectivity index (χ1v) is 7.97. The lowest BCUT2D eigenvalue weighted by molar-refractivity contribution is 0.294. The molecule has 0 aromatic carbocycles. The van der Waals surface area contributed by atoms with Crippen molar-refractivity contribution in [1.29, 1.82) is 0 Å². The summed E-state index contributed by atoms with van der Waals surface area (Å²) < 4.78 is 25.8. The van der Waals surface area contributed by atoms with Crippen LogP contribution in [0.4, 0.5) is 0 Å². The van der Waals surface area contributed by atoms with E-state index in [4.69, 9.17) is 5.73 Å². The molecular weight excluding hydrogens is 238 g/mol. The summed E-state index contributed by atoms with van der Waals surface area (Å²) in [6.45, 7) is 8.38. The standard InChI is InChI=1S/C11H25N3O2S/c1-11(2)10-17(15,16)14-6-3-5-13(7-4-12)8-9-14/h11H,3-10,12H2,1-2H3. The van der Waals surface area contributed by atoms with Gasteiger partial charge in [-0.25, -0.2) is 12.7 Å². The van der Waals surface area contributed by atoms with Gasteiger partial charge in [-0.05, 0) is 18.9 Å². The van der Waals surface area contributed by atoms with Gasteiger partial charge >= 0.3 is 0 Å².